The number of rotatable bonds is 5. The van der Waals surface area contributed by atoms with Crippen LogP contribution in [0.25, 0.3) is 0 Å². The number of nitrogens with one attached hydrogen (secondary N) is 2. The van der Waals surface area contributed by atoms with Crippen LogP contribution in [-0.4, -0.2) is 12.6 Å². The molecule has 2 aromatic rings. The van der Waals surface area contributed by atoms with E-state index in [2.05, 4.69) is 10.6 Å². The lowest BCUT2D eigenvalue weighted by Crippen LogP contribution is -2.36. The monoisotopic (exact) mass is 288 g/mol. The van der Waals surface area contributed by atoms with Gasteiger partial charge >= 0.3 is 6.03 Å². The van der Waals surface area contributed by atoms with E-state index in [0.717, 1.165) is 12.0 Å². The smallest absolute Gasteiger partial charge is 0.315 e. The highest BCUT2D eigenvalue weighted by molar-refractivity contribution is 6.31. The molecule has 2 rings (SSSR count). The van der Waals surface area contributed by atoms with Gasteiger partial charge in [-0.1, -0.05) is 60.1 Å². The minimum Gasteiger partial charge on any atom is -0.338 e. The molecule has 2 N–H and O–H groups in total. The van der Waals surface area contributed by atoms with E-state index in [4.69, 9.17) is 11.6 Å². The molecule has 0 saturated heterocycles. The minimum absolute atomic E-state index is 0.180. The van der Waals surface area contributed by atoms with Gasteiger partial charge in [-0.05, 0) is 23.6 Å². The molecular weight excluding hydrogens is 272 g/mol. The van der Waals surface area contributed by atoms with Crippen molar-refractivity contribution >= 4 is 17.6 Å². The molecule has 20 heavy (non-hydrogen) atoms. The highest BCUT2D eigenvalue weighted by Crippen LogP contribution is 2.14. The zero-order valence-corrected chi connectivity index (χ0v) is 11.9. The summed E-state index contributed by atoms with van der Waals surface area (Å²) in [6.07, 6.45) is 0.820. The highest BCUT2D eigenvalue weighted by Gasteiger charge is 2.02. The maximum atomic E-state index is 11.7. The molecule has 0 spiro atoms. The second-order valence-corrected chi connectivity index (χ2v) is 4.84. The van der Waals surface area contributed by atoms with Crippen LogP contribution < -0.4 is 10.6 Å². The SMILES string of the molecule is O=C(NCCc1ccccc1)NCc1ccccc1Cl. The Labute approximate surface area is 124 Å². The molecule has 0 saturated carbocycles. The van der Waals surface area contributed by atoms with E-state index >= 15 is 0 Å². The van der Waals surface area contributed by atoms with E-state index < -0.39 is 0 Å². The first-order valence-electron chi connectivity index (χ1n) is 6.55. The molecule has 0 aromatic heterocycles. The Balaban J connectivity index is 1.70. The van der Waals surface area contributed by atoms with Gasteiger partial charge in [0.1, 0.15) is 0 Å². The largest absolute Gasteiger partial charge is 0.338 e. The molecule has 104 valence electrons. The molecule has 0 atom stereocenters. The number of benzene rings is 2. The molecule has 0 heterocycles. The van der Waals surface area contributed by atoms with Crippen molar-refractivity contribution < 1.29 is 4.79 Å². The van der Waals surface area contributed by atoms with Gasteiger partial charge in [0.05, 0.1) is 0 Å². The predicted octanol–water partition coefficient (Wildman–Crippen LogP) is 3.38. The van der Waals surface area contributed by atoms with Gasteiger partial charge < -0.3 is 10.6 Å². The Morgan fingerprint density at radius 2 is 1.65 bits per heavy atom. The van der Waals surface area contributed by atoms with E-state index in [-0.39, 0.29) is 6.03 Å². The van der Waals surface area contributed by atoms with Crippen LogP contribution in [0.2, 0.25) is 5.02 Å². The summed E-state index contributed by atoms with van der Waals surface area (Å²) < 4.78 is 0. The Bertz CT molecular complexity index is 557. The Kier molecular flexibility index (Phi) is 5.44. The summed E-state index contributed by atoms with van der Waals surface area (Å²) in [7, 11) is 0. The molecule has 0 fully saturated rings. The molecule has 0 aliphatic rings. The lowest BCUT2D eigenvalue weighted by molar-refractivity contribution is 0.240. The van der Waals surface area contributed by atoms with Crippen LogP contribution >= 0.6 is 11.6 Å². The number of hydrogen-bond donors (Lipinski definition) is 2. The quantitative estimate of drug-likeness (QED) is 0.870. The van der Waals surface area contributed by atoms with Crippen LogP contribution in [0.1, 0.15) is 11.1 Å². The van der Waals surface area contributed by atoms with Crippen molar-refractivity contribution in [3.05, 3.63) is 70.7 Å². The Morgan fingerprint density at radius 3 is 2.40 bits per heavy atom. The molecule has 0 aliphatic heterocycles. The van der Waals surface area contributed by atoms with E-state index in [1.54, 1.807) is 0 Å². The van der Waals surface area contributed by atoms with Gasteiger partial charge in [0.15, 0.2) is 0 Å². The van der Waals surface area contributed by atoms with Crippen molar-refractivity contribution in [1.29, 1.82) is 0 Å². The van der Waals surface area contributed by atoms with Crippen LogP contribution in [0.5, 0.6) is 0 Å². The van der Waals surface area contributed by atoms with Crippen molar-refractivity contribution in [3.63, 3.8) is 0 Å². The molecule has 2 amide bonds. The summed E-state index contributed by atoms with van der Waals surface area (Å²) in [6, 6.07) is 17.3. The van der Waals surface area contributed by atoms with Crippen molar-refractivity contribution in [3.8, 4) is 0 Å². The van der Waals surface area contributed by atoms with Gasteiger partial charge in [0, 0.05) is 18.1 Å². The molecule has 3 nitrogen and oxygen atoms in total. The molecule has 0 unspecified atom stereocenters. The average Bonchev–Trinajstić information content (AvgIpc) is 2.47. The second-order valence-electron chi connectivity index (χ2n) is 4.44. The van der Waals surface area contributed by atoms with E-state index in [9.17, 15) is 4.79 Å². The first-order chi connectivity index (χ1) is 9.75. The fourth-order valence-electron chi connectivity index (χ4n) is 1.84. The van der Waals surface area contributed by atoms with Gasteiger partial charge in [-0.2, -0.15) is 0 Å². The normalized spacial score (nSPS) is 10.1. The summed E-state index contributed by atoms with van der Waals surface area (Å²) in [4.78, 5) is 11.7. The van der Waals surface area contributed by atoms with E-state index in [1.807, 2.05) is 54.6 Å². The van der Waals surface area contributed by atoms with Crippen molar-refractivity contribution in [1.82, 2.24) is 10.6 Å². The summed E-state index contributed by atoms with van der Waals surface area (Å²) >= 11 is 6.02. The van der Waals surface area contributed by atoms with Crippen LogP contribution in [-0.2, 0) is 13.0 Å². The summed E-state index contributed by atoms with van der Waals surface area (Å²) in [5, 5.41) is 6.28. The molecule has 4 heteroatoms. The number of urea groups is 1. The maximum absolute atomic E-state index is 11.7. The summed E-state index contributed by atoms with van der Waals surface area (Å²) in [5.74, 6) is 0. The van der Waals surface area contributed by atoms with Gasteiger partial charge in [-0.15, -0.1) is 0 Å². The molecule has 0 aliphatic carbocycles. The minimum atomic E-state index is -0.180. The average molecular weight is 289 g/mol. The van der Waals surface area contributed by atoms with E-state index in [0.29, 0.717) is 18.1 Å². The number of hydrogen-bond acceptors (Lipinski definition) is 1. The zero-order valence-electron chi connectivity index (χ0n) is 11.1. The fraction of sp³-hybridized carbons (Fsp3) is 0.188. The van der Waals surface area contributed by atoms with Gasteiger partial charge in [-0.3, -0.25) is 0 Å². The fourth-order valence-corrected chi connectivity index (χ4v) is 2.05. The third kappa shape index (κ3) is 4.59. The number of carbonyl (C=O) groups is 1. The van der Waals surface area contributed by atoms with Crippen molar-refractivity contribution in [2.24, 2.45) is 0 Å². The van der Waals surface area contributed by atoms with E-state index in [1.165, 1.54) is 5.56 Å². The van der Waals surface area contributed by atoms with Gasteiger partial charge in [-0.25, -0.2) is 4.79 Å². The molecule has 0 bridgehead atoms. The summed E-state index contributed by atoms with van der Waals surface area (Å²) in [5.41, 5.74) is 2.12. The van der Waals surface area contributed by atoms with Gasteiger partial charge in [0.25, 0.3) is 0 Å². The second kappa shape index (κ2) is 7.56. The summed E-state index contributed by atoms with van der Waals surface area (Å²) in [6.45, 7) is 1.04. The lowest BCUT2D eigenvalue weighted by Gasteiger charge is -2.08. The number of halogens is 1. The first kappa shape index (κ1) is 14.4. The predicted molar refractivity (Wildman–Crippen MR) is 81.8 cm³/mol. The Morgan fingerprint density at radius 1 is 0.950 bits per heavy atom. The topological polar surface area (TPSA) is 41.1 Å². The number of carbonyl (C=O) groups excluding carboxylic acids is 1. The number of amides is 2. The van der Waals surface area contributed by atoms with Crippen LogP contribution in [0.3, 0.4) is 0 Å². The van der Waals surface area contributed by atoms with Crippen molar-refractivity contribution in [2.75, 3.05) is 6.54 Å². The maximum Gasteiger partial charge on any atom is 0.315 e. The molecular formula is C16H17ClN2O. The molecule has 0 radical (unpaired) electrons. The van der Waals surface area contributed by atoms with Crippen molar-refractivity contribution in [2.45, 2.75) is 13.0 Å². The highest BCUT2D eigenvalue weighted by atomic mass is 35.5. The Hall–Kier alpha value is -2.00. The van der Waals surface area contributed by atoms with Crippen LogP contribution in [0.4, 0.5) is 4.79 Å². The van der Waals surface area contributed by atoms with Crippen LogP contribution in [0.15, 0.2) is 54.6 Å². The van der Waals surface area contributed by atoms with Crippen LogP contribution in [0, 0.1) is 0 Å². The van der Waals surface area contributed by atoms with Gasteiger partial charge in [0.2, 0.25) is 0 Å². The lowest BCUT2D eigenvalue weighted by atomic mass is 10.1. The third-order valence-electron chi connectivity index (χ3n) is 2.94. The first-order valence-corrected chi connectivity index (χ1v) is 6.92. The molecule has 2 aromatic carbocycles. The zero-order chi connectivity index (χ0) is 14.2. The standard InChI is InChI=1S/C16H17ClN2O/c17-15-9-5-4-8-14(15)12-19-16(20)18-11-10-13-6-2-1-3-7-13/h1-9H,10-12H2,(H2,18,19,20). The third-order valence-corrected chi connectivity index (χ3v) is 3.31.